The van der Waals surface area contributed by atoms with Crippen molar-refractivity contribution in [2.45, 2.75) is 13.0 Å². The summed E-state index contributed by atoms with van der Waals surface area (Å²) >= 11 is 1.54. The minimum absolute atomic E-state index is 0.350. The molecule has 0 bridgehead atoms. The van der Waals surface area contributed by atoms with Crippen LogP contribution in [0.2, 0.25) is 0 Å². The number of hydrogen-bond acceptors (Lipinski definition) is 4. The molecule has 15 heavy (non-hydrogen) atoms. The Labute approximate surface area is 93.4 Å². The minimum Gasteiger partial charge on any atom is -0.383 e. The van der Waals surface area contributed by atoms with Crippen LogP contribution in [0.3, 0.4) is 0 Å². The highest BCUT2D eigenvalue weighted by atomic mass is 32.1. The van der Waals surface area contributed by atoms with E-state index in [4.69, 9.17) is 10.5 Å². The number of hydrogen-bond donors (Lipinski definition) is 2. The number of methoxy groups -OCH3 is 1. The number of nitrogens with two attached hydrogens (primary N) is 1. The van der Waals surface area contributed by atoms with Gasteiger partial charge in [-0.3, -0.25) is 10.1 Å². The maximum Gasteiger partial charge on any atom is 0.240 e. The number of carbonyl (C=O) groups is 1. The van der Waals surface area contributed by atoms with Crippen LogP contribution in [0.4, 0.5) is 0 Å². The van der Waals surface area contributed by atoms with E-state index >= 15 is 0 Å². The molecule has 1 atom stereocenters. The molecule has 0 saturated heterocycles. The van der Waals surface area contributed by atoms with E-state index in [1.807, 2.05) is 18.4 Å². The van der Waals surface area contributed by atoms with Gasteiger partial charge in [0, 0.05) is 18.5 Å². The SMILES string of the molecule is COCCNC(C(N)=O)c1sccc1C. The fourth-order valence-electron chi connectivity index (χ4n) is 1.31. The zero-order valence-electron chi connectivity index (χ0n) is 8.95. The zero-order chi connectivity index (χ0) is 11.3. The number of thiophene rings is 1. The first kappa shape index (κ1) is 12.2. The molecule has 1 aromatic heterocycles. The Hall–Kier alpha value is -0.910. The molecular formula is C10H16N2O2S. The van der Waals surface area contributed by atoms with E-state index in [0.717, 1.165) is 10.4 Å². The molecule has 0 aliphatic rings. The van der Waals surface area contributed by atoms with Crippen LogP contribution in [0.25, 0.3) is 0 Å². The molecule has 0 fully saturated rings. The number of rotatable bonds is 6. The van der Waals surface area contributed by atoms with Gasteiger partial charge in [0.25, 0.3) is 0 Å². The van der Waals surface area contributed by atoms with Crippen molar-refractivity contribution in [3.63, 3.8) is 0 Å². The van der Waals surface area contributed by atoms with Crippen molar-refractivity contribution in [1.82, 2.24) is 5.32 Å². The van der Waals surface area contributed by atoms with E-state index < -0.39 is 6.04 Å². The summed E-state index contributed by atoms with van der Waals surface area (Å²) in [4.78, 5) is 12.3. The van der Waals surface area contributed by atoms with Crippen LogP contribution in [0.15, 0.2) is 11.4 Å². The fraction of sp³-hybridized carbons (Fsp3) is 0.500. The van der Waals surface area contributed by atoms with E-state index in [0.29, 0.717) is 13.2 Å². The molecule has 1 heterocycles. The predicted molar refractivity (Wildman–Crippen MR) is 60.9 cm³/mol. The third kappa shape index (κ3) is 3.30. The van der Waals surface area contributed by atoms with Crippen LogP contribution in [-0.2, 0) is 9.53 Å². The Bertz CT molecular complexity index is 325. The number of nitrogens with one attached hydrogen (secondary N) is 1. The number of ether oxygens (including phenoxy) is 1. The topological polar surface area (TPSA) is 64.3 Å². The highest BCUT2D eigenvalue weighted by Gasteiger charge is 2.19. The van der Waals surface area contributed by atoms with Gasteiger partial charge in [0.15, 0.2) is 0 Å². The van der Waals surface area contributed by atoms with E-state index in [1.54, 1.807) is 7.11 Å². The van der Waals surface area contributed by atoms with Gasteiger partial charge in [-0.05, 0) is 23.9 Å². The predicted octanol–water partition coefficient (Wildman–Crippen LogP) is 0.819. The molecule has 0 spiro atoms. The summed E-state index contributed by atoms with van der Waals surface area (Å²) in [6, 6.07) is 1.58. The van der Waals surface area contributed by atoms with Crippen LogP contribution >= 0.6 is 11.3 Å². The second-order valence-corrected chi connectivity index (χ2v) is 4.20. The molecule has 0 aliphatic heterocycles. The molecule has 84 valence electrons. The van der Waals surface area contributed by atoms with Gasteiger partial charge in [0.1, 0.15) is 6.04 Å². The fourth-order valence-corrected chi connectivity index (χ4v) is 2.32. The summed E-state index contributed by atoms with van der Waals surface area (Å²) in [5, 5.41) is 5.03. The lowest BCUT2D eigenvalue weighted by atomic mass is 10.1. The third-order valence-electron chi connectivity index (χ3n) is 2.10. The van der Waals surface area contributed by atoms with Crippen LogP contribution in [0.5, 0.6) is 0 Å². The molecule has 1 aromatic rings. The third-order valence-corrected chi connectivity index (χ3v) is 3.19. The molecule has 5 heteroatoms. The number of primary amides is 1. The van der Waals surface area contributed by atoms with Crippen molar-refractivity contribution in [2.75, 3.05) is 20.3 Å². The summed E-state index contributed by atoms with van der Waals surface area (Å²) in [6.45, 7) is 3.15. The second kappa shape index (κ2) is 5.85. The van der Waals surface area contributed by atoms with Crippen molar-refractivity contribution in [2.24, 2.45) is 5.73 Å². The Balaban J connectivity index is 2.67. The Kier molecular flexibility index (Phi) is 4.74. The number of amides is 1. The molecule has 0 saturated carbocycles. The normalized spacial score (nSPS) is 12.7. The smallest absolute Gasteiger partial charge is 0.240 e. The molecule has 1 unspecified atom stereocenters. The van der Waals surface area contributed by atoms with Crippen LogP contribution in [0.1, 0.15) is 16.5 Å². The van der Waals surface area contributed by atoms with E-state index in [9.17, 15) is 4.79 Å². The Morgan fingerprint density at radius 3 is 2.93 bits per heavy atom. The van der Waals surface area contributed by atoms with Crippen LogP contribution < -0.4 is 11.1 Å². The second-order valence-electron chi connectivity index (χ2n) is 3.25. The first-order valence-electron chi connectivity index (χ1n) is 4.72. The van der Waals surface area contributed by atoms with Gasteiger partial charge in [0.05, 0.1) is 6.61 Å². The highest BCUT2D eigenvalue weighted by molar-refractivity contribution is 7.10. The molecule has 1 amide bonds. The van der Waals surface area contributed by atoms with Crippen molar-refractivity contribution < 1.29 is 9.53 Å². The first-order chi connectivity index (χ1) is 7.16. The van der Waals surface area contributed by atoms with E-state index in [1.165, 1.54) is 11.3 Å². The van der Waals surface area contributed by atoms with Gasteiger partial charge in [-0.15, -0.1) is 11.3 Å². The number of aryl methyl sites for hydroxylation is 1. The average molecular weight is 228 g/mol. The van der Waals surface area contributed by atoms with Crippen molar-refractivity contribution in [1.29, 1.82) is 0 Å². The monoisotopic (exact) mass is 228 g/mol. The minimum atomic E-state index is -0.403. The van der Waals surface area contributed by atoms with Gasteiger partial charge >= 0.3 is 0 Å². The average Bonchev–Trinajstić information content (AvgIpc) is 2.59. The maximum absolute atomic E-state index is 11.3. The summed E-state index contributed by atoms with van der Waals surface area (Å²) in [7, 11) is 1.62. The van der Waals surface area contributed by atoms with Gasteiger partial charge < -0.3 is 10.5 Å². The first-order valence-corrected chi connectivity index (χ1v) is 5.60. The summed E-state index contributed by atoms with van der Waals surface area (Å²) < 4.78 is 4.91. The van der Waals surface area contributed by atoms with Crippen LogP contribution in [-0.4, -0.2) is 26.2 Å². The van der Waals surface area contributed by atoms with Gasteiger partial charge in [-0.2, -0.15) is 0 Å². The lowest BCUT2D eigenvalue weighted by Crippen LogP contribution is -2.35. The number of carbonyl (C=O) groups excluding carboxylic acids is 1. The quantitative estimate of drug-likeness (QED) is 0.708. The highest BCUT2D eigenvalue weighted by Crippen LogP contribution is 2.23. The Morgan fingerprint density at radius 2 is 2.47 bits per heavy atom. The maximum atomic E-state index is 11.3. The summed E-state index contributed by atoms with van der Waals surface area (Å²) in [6.07, 6.45) is 0. The standard InChI is InChI=1S/C10H16N2O2S/c1-7-3-6-15-9(7)8(10(11)13)12-4-5-14-2/h3,6,8,12H,4-5H2,1-2H3,(H2,11,13). The summed E-state index contributed by atoms with van der Waals surface area (Å²) in [5.74, 6) is -0.350. The van der Waals surface area contributed by atoms with Gasteiger partial charge in [-0.25, -0.2) is 0 Å². The molecular weight excluding hydrogens is 212 g/mol. The van der Waals surface area contributed by atoms with Crippen molar-refractivity contribution in [3.8, 4) is 0 Å². The van der Waals surface area contributed by atoms with E-state index in [-0.39, 0.29) is 5.91 Å². The van der Waals surface area contributed by atoms with Crippen LogP contribution in [0, 0.1) is 6.92 Å². The molecule has 0 radical (unpaired) electrons. The molecule has 4 nitrogen and oxygen atoms in total. The van der Waals surface area contributed by atoms with Gasteiger partial charge in [0.2, 0.25) is 5.91 Å². The lowest BCUT2D eigenvalue weighted by Gasteiger charge is -2.14. The van der Waals surface area contributed by atoms with E-state index in [2.05, 4.69) is 5.32 Å². The van der Waals surface area contributed by atoms with Gasteiger partial charge in [-0.1, -0.05) is 0 Å². The molecule has 0 aliphatic carbocycles. The molecule has 1 rings (SSSR count). The molecule has 3 N–H and O–H groups in total. The largest absolute Gasteiger partial charge is 0.383 e. The zero-order valence-corrected chi connectivity index (χ0v) is 9.76. The Morgan fingerprint density at radius 1 is 1.73 bits per heavy atom. The summed E-state index contributed by atoms with van der Waals surface area (Å²) in [5.41, 5.74) is 6.43. The van der Waals surface area contributed by atoms with Crippen molar-refractivity contribution in [3.05, 3.63) is 21.9 Å². The lowest BCUT2D eigenvalue weighted by molar-refractivity contribution is -0.120. The molecule has 0 aromatic carbocycles. The van der Waals surface area contributed by atoms with Crippen molar-refractivity contribution >= 4 is 17.2 Å².